The van der Waals surface area contributed by atoms with Crippen LogP contribution in [0.4, 0.5) is 0 Å². The molecule has 0 rings (SSSR count). The molecule has 0 heterocycles. The van der Waals surface area contributed by atoms with Gasteiger partial charge in [0.15, 0.2) is 0 Å². The van der Waals surface area contributed by atoms with Gasteiger partial charge in [-0.05, 0) is 67.2 Å². The summed E-state index contributed by atoms with van der Waals surface area (Å²) < 4.78 is 0. The molecule has 6 atom stereocenters. The maximum Gasteiger partial charge on any atom is 0.242 e. The van der Waals surface area contributed by atoms with Gasteiger partial charge in [-0.2, -0.15) is 0 Å². The summed E-state index contributed by atoms with van der Waals surface area (Å²) in [5.41, 5.74) is 5.38. The number of hydrogen-bond donors (Lipinski definition) is 4. The number of nitrogens with two attached hydrogens (primary N) is 1. The third kappa shape index (κ3) is 16.8. The standard InChI is InChI=1S/C34H65N7O8/c1-11-23(5)36-15-30(45)40(25(7)13-3)21-32(47)37(16-27(9)42)19-31(46)38(17-28(10)43)20-33(48)41(26(8)14-4)22-34(49)39(18-29(35)44)24(6)12-2/h23-28,36,42-43H,11-22H2,1-10H3,(H2,35,44). The van der Waals surface area contributed by atoms with Crippen LogP contribution in [0, 0.1) is 0 Å². The number of carbonyl (C=O) groups is 6. The van der Waals surface area contributed by atoms with Crippen molar-refractivity contribution in [1.29, 1.82) is 0 Å². The van der Waals surface area contributed by atoms with Gasteiger partial charge in [0, 0.05) is 37.3 Å². The van der Waals surface area contributed by atoms with Crippen molar-refractivity contribution >= 4 is 35.4 Å². The molecule has 15 nitrogen and oxygen atoms in total. The zero-order chi connectivity index (χ0) is 38.0. The molecular weight excluding hydrogens is 634 g/mol. The summed E-state index contributed by atoms with van der Waals surface area (Å²) in [5.74, 6) is -3.19. The van der Waals surface area contributed by atoms with Gasteiger partial charge >= 0.3 is 0 Å². The predicted octanol–water partition coefficient (Wildman–Crippen LogP) is 0.160. The van der Waals surface area contributed by atoms with E-state index in [1.807, 2.05) is 41.5 Å². The van der Waals surface area contributed by atoms with Crippen LogP contribution in [0.15, 0.2) is 0 Å². The molecule has 6 unspecified atom stereocenters. The first-order valence-electron chi connectivity index (χ1n) is 17.6. The van der Waals surface area contributed by atoms with Gasteiger partial charge in [0.2, 0.25) is 35.4 Å². The van der Waals surface area contributed by atoms with E-state index in [-0.39, 0.29) is 63.3 Å². The number of hydrogen-bond acceptors (Lipinski definition) is 9. The van der Waals surface area contributed by atoms with E-state index in [0.29, 0.717) is 19.3 Å². The first kappa shape index (κ1) is 45.7. The van der Waals surface area contributed by atoms with Gasteiger partial charge in [0.1, 0.15) is 13.1 Å². The number of aliphatic hydroxyl groups excluding tert-OH is 2. The molecule has 0 saturated carbocycles. The molecular formula is C34H65N7O8. The Morgan fingerprint density at radius 2 is 0.878 bits per heavy atom. The van der Waals surface area contributed by atoms with E-state index in [0.717, 1.165) is 16.2 Å². The third-order valence-corrected chi connectivity index (χ3v) is 8.81. The number of carbonyl (C=O) groups excluding carboxylic acids is 6. The van der Waals surface area contributed by atoms with E-state index in [1.165, 1.54) is 28.5 Å². The highest BCUT2D eigenvalue weighted by atomic mass is 16.3. The second-order valence-electron chi connectivity index (χ2n) is 13.2. The second-order valence-corrected chi connectivity index (χ2v) is 13.2. The highest BCUT2D eigenvalue weighted by Crippen LogP contribution is 2.12. The SMILES string of the molecule is CCC(C)NCC(=O)N(CC(=O)N(CC(=O)N(CC(=O)N(CC(=O)N(CC(N)=O)C(C)CC)C(C)CC)CC(C)O)CC(C)O)C(C)CC. The zero-order valence-electron chi connectivity index (χ0n) is 31.6. The number of primary amides is 1. The van der Waals surface area contributed by atoms with Crippen LogP contribution in [-0.2, 0) is 28.8 Å². The van der Waals surface area contributed by atoms with E-state index in [1.54, 1.807) is 13.8 Å². The highest BCUT2D eigenvalue weighted by molar-refractivity contribution is 5.92. The summed E-state index contributed by atoms with van der Waals surface area (Å²) in [6.45, 7) is 15.5. The molecule has 0 fully saturated rings. The van der Waals surface area contributed by atoms with Crippen molar-refractivity contribution in [3.63, 3.8) is 0 Å². The second kappa shape index (κ2) is 23.2. The van der Waals surface area contributed by atoms with Crippen molar-refractivity contribution in [2.75, 3.05) is 52.4 Å². The first-order valence-corrected chi connectivity index (χ1v) is 17.6. The van der Waals surface area contributed by atoms with Crippen LogP contribution in [0.1, 0.15) is 94.9 Å². The van der Waals surface area contributed by atoms with E-state index < -0.39 is 60.9 Å². The Balaban J connectivity index is 6.20. The quantitative estimate of drug-likeness (QED) is 0.108. The Labute approximate surface area is 293 Å². The predicted molar refractivity (Wildman–Crippen MR) is 188 cm³/mol. The molecule has 0 aliphatic heterocycles. The summed E-state index contributed by atoms with van der Waals surface area (Å²) in [5, 5.41) is 23.6. The molecule has 0 aromatic carbocycles. The minimum absolute atomic E-state index is 0.0407. The molecule has 0 aliphatic rings. The lowest BCUT2D eigenvalue weighted by Crippen LogP contribution is -2.55. The van der Waals surface area contributed by atoms with Crippen molar-refractivity contribution in [2.45, 2.75) is 131 Å². The van der Waals surface area contributed by atoms with Gasteiger partial charge in [-0.15, -0.1) is 0 Å². The zero-order valence-corrected chi connectivity index (χ0v) is 31.6. The molecule has 284 valence electrons. The van der Waals surface area contributed by atoms with Crippen molar-refractivity contribution < 1.29 is 39.0 Å². The summed E-state index contributed by atoms with van der Waals surface area (Å²) in [7, 11) is 0. The Bertz CT molecular complexity index is 1070. The van der Waals surface area contributed by atoms with Crippen LogP contribution in [-0.4, -0.2) is 159 Å². The fourth-order valence-corrected chi connectivity index (χ4v) is 4.95. The third-order valence-electron chi connectivity index (χ3n) is 8.81. The Morgan fingerprint density at radius 3 is 1.27 bits per heavy atom. The van der Waals surface area contributed by atoms with Crippen LogP contribution in [0.5, 0.6) is 0 Å². The molecule has 0 aromatic heterocycles. The molecule has 5 N–H and O–H groups in total. The topological polar surface area (TPSA) is 197 Å². The number of rotatable bonds is 24. The van der Waals surface area contributed by atoms with Crippen LogP contribution in [0.3, 0.4) is 0 Å². The summed E-state index contributed by atoms with van der Waals surface area (Å²) in [6, 6.07) is -0.868. The van der Waals surface area contributed by atoms with Gasteiger partial charge in [0.05, 0.1) is 38.4 Å². The van der Waals surface area contributed by atoms with Crippen LogP contribution < -0.4 is 11.1 Å². The number of aliphatic hydroxyl groups is 2. The first-order chi connectivity index (χ1) is 22.8. The molecule has 0 saturated heterocycles. The summed E-state index contributed by atoms with van der Waals surface area (Å²) in [6.07, 6.45) is 0.454. The van der Waals surface area contributed by atoms with Gasteiger partial charge in [0.25, 0.3) is 0 Å². The average Bonchev–Trinajstić information content (AvgIpc) is 3.04. The molecule has 0 aliphatic carbocycles. The van der Waals surface area contributed by atoms with E-state index >= 15 is 0 Å². The lowest BCUT2D eigenvalue weighted by molar-refractivity contribution is -0.150. The van der Waals surface area contributed by atoms with Gasteiger partial charge < -0.3 is 45.8 Å². The molecule has 6 amide bonds. The minimum atomic E-state index is -1.02. The molecule has 15 heteroatoms. The van der Waals surface area contributed by atoms with Gasteiger partial charge in [-0.1, -0.05) is 27.7 Å². The summed E-state index contributed by atoms with van der Waals surface area (Å²) >= 11 is 0. The number of nitrogens with one attached hydrogen (secondary N) is 1. The Morgan fingerprint density at radius 1 is 0.531 bits per heavy atom. The molecule has 0 radical (unpaired) electrons. The van der Waals surface area contributed by atoms with E-state index in [4.69, 9.17) is 5.73 Å². The monoisotopic (exact) mass is 699 g/mol. The normalized spacial score (nSPS) is 14.9. The average molecular weight is 700 g/mol. The van der Waals surface area contributed by atoms with E-state index in [2.05, 4.69) is 5.32 Å². The molecule has 0 aromatic rings. The highest BCUT2D eigenvalue weighted by Gasteiger charge is 2.32. The maximum absolute atomic E-state index is 13.7. The lowest BCUT2D eigenvalue weighted by Gasteiger charge is -2.35. The Hall–Kier alpha value is -3.30. The van der Waals surface area contributed by atoms with Gasteiger partial charge in [-0.25, -0.2) is 0 Å². The smallest absolute Gasteiger partial charge is 0.242 e. The van der Waals surface area contributed by atoms with Crippen LogP contribution in [0.25, 0.3) is 0 Å². The summed E-state index contributed by atoms with van der Waals surface area (Å²) in [4.78, 5) is 85.6. The van der Waals surface area contributed by atoms with Crippen molar-refractivity contribution in [3.8, 4) is 0 Å². The lowest BCUT2D eigenvalue weighted by atomic mass is 10.1. The maximum atomic E-state index is 13.7. The largest absolute Gasteiger partial charge is 0.392 e. The van der Waals surface area contributed by atoms with Gasteiger partial charge in [-0.3, -0.25) is 28.8 Å². The number of nitrogens with zero attached hydrogens (tertiary/aromatic N) is 5. The van der Waals surface area contributed by atoms with E-state index in [9.17, 15) is 39.0 Å². The van der Waals surface area contributed by atoms with Crippen molar-refractivity contribution in [2.24, 2.45) is 5.73 Å². The van der Waals surface area contributed by atoms with Crippen LogP contribution in [0.2, 0.25) is 0 Å². The number of amides is 6. The van der Waals surface area contributed by atoms with Crippen molar-refractivity contribution in [1.82, 2.24) is 29.8 Å². The fourth-order valence-electron chi connectivity index (χ4n) is 4.95. The fraction of sp³-hybridized carbons (Fsp3) is 0.824. The van der Waals surface area contributed by atoms with Crippen molar-refractivity contribution in [3.05, 3.63) is 0 Å². The molecule has 0 bridgehead atoms. The Kier molecular flexibility index (Phi) is 21.6. The molecule has 0 spiro atoms. The molecule has 49 heavy (non-hydrogen) atoms. The minimum Gasteiger partial charge on any atom is -0.392 e. The van der Waals surface area contributed by atoms with Crippen LogP contribution >= 0.6 is 0 Å².